The zero-order valence-electron chi connectivity index (χ0n) is 13.0. The molecule has 0 aromatic heterocycles. The molecule has 0 unspecified atom stereocenters. The average molecular weight is 481 g/mol. The second-order valence-corrected chi connectivity index (χ2v) is 5.61. The molecular formula is C16H32BiOS. The van der Waals surface area contributed by atoms with E-state index in [9.17, 15) is 0 Å². The minimum atomic E-state index is 0. The molecule has 0 bridgehead atoms. The maximum absolute atomic E-state index is 5.49. The van der Waals surface area contributed by atoms with Crippen molar-refractivity contribution >= 4 is 43.5 Å². The second-order valence-electron chi connectivity index (χ2n) is 5.15. The third kappa shape index (κ3) is 18.8. The standard InChI is InChI=1S/C16H32OS.Bi/c1-3-5-7-8-9-10-11-12-13-14-16(18)17-15-6-4-2;/h3-15H2,1-2H3;. The number of unbranched alkanes of at least 4 members (excludes halogenated alkanes) is 9. The molecule has 113 valence electrons. The quantitative estimate of drug-likeness (QED) is 0.191. The van der Waals surface area contributed by atoms with Gasteiger partial charge in [0.2, 0.25) is 0 Å². The van der Waals surface area contributed by atoms with Crippen molar-refractivity contribution in [2.45, 2.75) is 90.9 Å². The smallest absolute Gasteiger partial charge is 0.159 e. The average Bonchev–Trinajstić information content (AvgIpc) is 2.37. The minimum Gasteiger partial charge on any atom is -0.487 e. The van der Waals surface area contributed by atoms with Crippen LogP contribution < -0.4 is 0 Å². The van der Waals surface area contributed by atoms with Crippen LogP contribution in [-0.4, -0.2) is 37.9 Å². The molecule has 0 aliphatic heterocycles. The van der Waals surface area contributed by atoms with Gasteiger partial charge in [-0.05, 0) is 25.1 Å². The van der Waals surface area contributed by atoms with Crippen molar-refractivity contribution in [3.05, 3.63) is 0 Å². The van der Waals surface area contributed by atoms with Crippen LogP contribution in [0.1, 0.15) is 90.9 Å². The number of thiocarbonyl (C=S) groups is 1. The number of hydrogen-bond donors (Lipinski definition) is 0. The van der Waals surface area contributed by atoms with Crippen LogP contribution in [0.3, 0.4) is 0 Å². The molecule has 0 saturated heterocycles. The molecule has 3 radical (unpaired) electrons. The van der Waals surface area contributed by atoms with E-state index >= 15 is 0 Å². The van der Waals surface area contributed by atoms with Crippen LogP contribution in [0, 0.1) is 0 Å². The molecule has 19 heavy (non-hydrogen) atoms. The molecule has 0 saturated carbocycles. The number of hydrogen-bond acceptors (Lipinski definition) is 2. The third-order valence-corrected chi connectivity index (χ3v) is 3.57. The molecule has 3 heteroatoms. The number of rotatable bonds is 13. The Morgan fingerprint density at radius 2 is 1.21 bits per heavy atom. The SMILES string of the molecule is CCCCCCCCCCCC(=S)OCCCC.[Bi]. The predicted molar refractivity (Wildman–Crippen MR) is 91.1 cm³/mol. The van der Waals surface area contributed by atoms with Crippen molar-refractivity contribution in [2.75, 3.05) is 6.61 Å². The van der Waals surface area contributed by atoms with E-state index in [1.54, 1.807) is 0 Å². The van der Waals surface area contributed by atoms with Crippen molar-refractivity contribution in [1.82, 2.24) is 0 Å². The maximum atomic E-state index is 5.49. The van der Waals surface area contributed by atoms with Crippen molar-refractivity contribution in [2.24, 2.45) is 0 Å². The van der Waals surface area contributed by atoms with Crippen LogP contribution in [-0.2, 0) is 4.74 Å². The summed E-state index contributed by atoms with van der Waals surface area (Å²) in [7, 11) is 0. The molecular weight excluding hydrogens is 449 g/mol. The van der Waals surface area contributed by atoms with Crippen molar-refractivity contribution in [3.8, 4) is 0 Å². The Kier molecular flexibility index (Phi) is 21.8. The van der Waals surface area contributed by atoms with Gasteiger partial charge in [-0.25, -0.2) is 0 Å². The molecule has 0 aliphatic rings. The summed E-state index contributed by atoms with van der Waals surface area (Å²) in [5.41, 5.74) is 0. The topological polar surface area (TPSA) is 9.23 Å². The van der Waals surface area contributed by atoms with Gasteiger partial charge in [0, 0.05) is 32.6 Å². The van der Waals surface area contributed by atoms with Gasteiger partial charge in [0.25, 0.3) is 0 Å². The molecule has 0 fully saturated rings. The van der Waals surface area contributed by atoms with E-state index in [0.717, 1.165) is 24.5 Å². The first-order valence-electron chi connectivity index (χ1n) is 7.96. The minimum absolute atomic E-state index is 0. The maximum Gasteiger partial charge on any atom is 0.159 e. The molecule has 0 heterocycles. The molecule has 0 atom stereocenters. The van der Waals surface area contributed by atoms with Gasteiger partial charge in [-0.1, -0.05) is 71.6 Å². The van der Waals surface area contributed by atoms with Crippen LogP contribution in [0.25, 0.3) is 0 Å². The largest absolute Gasteiger partial charge is 0.487 e. The Hall–Kier alpha value is 0.773. The van der Waals surface area contributed by atoms with Crippen LogP contribution in [0.15, 0.2) is 0 Å². The summed E-state index contributed by atoms with van der Waals surface area (Å²) in [5, 5.41) is 0.825. The van der Waals surface area contributed by atoms with E-state index in [1.165, 1.54) is 64.2 Å². The van der Waals surface area contributed by atoms with E-state index in [2.05, 4.69) is 13.8 Å². The van der Waals surface area contributed by atoms with Gasteiger partial charge in [0.15, 0.2) is 5.05 Å². The van der Waals surface area contributed by atoms with Gasteiger partial charge in [-0.3, -0.25) is 0 Å². The van der Waals surface area contributed by atoms with Gasteiger partial charge >= 0.3 is 0 Å². The fourth-order valence-corrected chi connectivity index (χ4v) is 2.21. The molecule has 0 N–H and O–H groups in total. The molecule has 0 amide bonds. The first kappa shape index (κ1) is 22.1. The van der Waals surface area contributed by atoms with Gasteiger partial charge < -0.3 is 4.74 Å². The zero-order valence-corrected chi connectivity index (χ0v) is 17.2. The van der Waals surface area contributed by atoms with Gasteiger partial charge in [0.1, 0.15) is 0 Å². The fraction of sp³-hybridized carbons (Fsp3) is 0.938. The van der Waals surface area contributed by atoms with E-state index in [1.807, 2.05) is 0 Å². The fourth-order valence-electron chi connectivity index (χ4n) is 1.98. The summed E-state index contributed by atoms with van der Waals surface area (Å²) in [5.74, 6) is 0. The van der Waals surface area contributed by atoms with Gasteiger partial charge in [0.05, 0.1) is 6.61 Å². The van der Waals surface area contributed by atoms with Crippen molar-refractivity contribution < 1.29 is 4.74 Å². The Bertz CT molecular complexity index is 186. The van der Waals surface area contributed by atoms with E-state index in [0.29, 0.717) is 0 Å². The Morgan fingerprint density at radius 3 is 1.74 bits per heavy atom. The van der Waals surface area contributed by atoms with Crippen molar-refractivity contribution in [1.29, 1.82) is 0 Å². The molecule has 0 spiro atoms. The van der Waals surface area contributed by atoms with E-state index in [4.69, 9.17) is 17.0 Å². The predicted octanol–water partition coefficient (Wildman–Crippen LogP) is 5.67. The van der Waals surface area contributed by atoms with Crippen LogP contribution in [0.5, 0.6) is 0 Å². The van der Waals surface area contributed by atoms with Gasteiger partial charge in [-0.2, -0.15) is 0 Å². The summed E-state index contributed by atoms with van der Waals surface area (Å²) in [6.45, 7) is 5.26. The molecule has 0 aromatic carbocycles. The van der Waals surface area contributed by atoms with E-state index in [-0.39, 0.29) is 26.2 Å². The van der Waals surface area contributed by atoms with Crippen molar-refractivity contribution in [3.63, 3.8) is 0 Å². The van der Waals surface area contributed by atoms with E-state index < -0.39 is 0 Å². The van der Waals surface area contributed by atoms with Crippen LogP contribution in [0.4, 0.5) is 0 Å². The molecule has 1 nitrogen and oxygen atoms in total. The first-order valence-corrected chi connectivity index (χ1v) is 8.37. The third-order valence-electron chi connectivity index (χ3n) is 3.25. The van der Waals surface area contributed by atoms with Crippen LogP contribution >= 0.6 is 12.2 Å². The number of ether oxygens (including phenoxy) is 1. The second kappa shape index (κ2) is 18.8. The Labute approximate surface area is 145 Å². The summed E-state index contributed by atoms with van der Waals surface area (Å²) >= 11 is 5.19. The zero-order chi connectivity index (χ0) is 13.5. The molecule has 0 rings (SSSR count). The first-order chi connectivity index (χ1) is 8.81. The molecule has 0 aromatic rings. The van der Waals surface area contributed by atoms with Crippen LogP contribution in [0.2, 0.25) is 0 Å². The summed E-state index contributed by atoms with van der Waals surface area (Å²) < 4.78 is 5.49. The van der Waals surface area contributed by atoms with Gasteiger partial charge in [-0.15, -0.1) is 0 Å². The Balaban J connectivity index is 0. The summed E-state index contributed by atoms with van der Waals surface area (Å²) in [6.07, 6.45) is 15.6. The molecule has 0 aliphatic carbocycles. The Morgan fingerprint density at radius 1 is 0.737 bits per heavy atom. The summed E-state index contributed by atoms with van der Waals surface area (Å²) in [4.78, 5) is 0. The normalized spacial score (nSPS) is 10.0. The monoisotopic (exact) mass is 481 g/mol. The summed E-state index contributed by atoms with van der Waals surface area (Å²) in [6, 6.07) is 0.